The molecule has 0 aliphatic heterocycles. The van der Waals surface area contributed by atoms with E-state index in [1.807, 2.05) is 6.07 Å². The molecule has 0 saturated heterocycles. The van der Waals surface area contributed by atoms with Gasteiger partial charge in [0.1, 0.15) is 0 Å². The highest BCUT2D eigenvalue weighted by Gasteiger charge is 2.04. The van der Waals surface area contributed by atoms with Crippen LogP contribution in [-0.2, 0) is 0 Å². The molecule has 1 aromatic heterocycles. The second-order valence-corrected chi connectivity index (χ2v) is 6.95. The number of nitrogens with one attached hydrogen (secondary N) is 1. The second-order valence-electron chi connectivity index (χ2n) is 6.95. The molecule has 0 spiro atoms. The summed E-state index contributed by atoms with van der Waals surface area (Å²) in [6.45, 7) is 3.32. The molecule has 0 saturated carbocycles. The van der Waals surface area contributed by atoms with Gasteiger partial charge in [0.25, 0.3) is 0 Å². The molecular weight excluding hydrogens is 304 g/mol. The molecule has 1 N–H and O–H groups in total. The predicted molar refractivity (Wildman–Crippen MR) is 110 cm³/mol. The molecule has 0 atom stereocenters. The van der Waals surface area contributed by atoms with Gasteiger partial charge in [-0.25, -0.2) is 4.98 Å². The third-order valence-electron chi connectivity index (χ3n) is 4.91. The maximum Gasteiger partial charge on any atom is 0.0730 e. The SMILES string of the molecule is CCCCCCCCCCNc1cccc2nc3ccccc3cc12. The quantitative estimate of drug-likeness (QED) is 0.321. The van der Waals surface area contributed by atoms with Crippen molar-refractivity contribution in [3.63, 3.8) is 0 Å². The van der Waals surface area contributed by atoms with Crippen LogP contribution in [0.2, 0.25) is 0 Å². The van der Waals surface area contributed by atoms with E-state index in [0.717, 1.165) is 17.6 Å². The highest BCUT2D eigenvalue weighted by molar-refractivity contribution is 5.99. The summed E-state index contributed by atoms with van der Waals surface area (Å²) in [7, 11) is 0. The summed E-state index contributed by atoms with van der Waals surface area (Å²) in [5.74, 6) is 0. The van der Waals surface area contributed by atoms with E-state index < -0.39 is 0 Å². The van der Waals surface area contributed by atoms with Crippen LogP contribution in [0.15, 0.2) is 48.5 Å². The number of rotatable bonds is 10. The Morgan fingerprint density at radius 2 is 1.48 bits per heavy atom. The zero-order valence-electron chi connectivity index (χ0n) is 15.4. The summed E-state index contributed by atoms with van der Waals surface area (Å²) in [4.78, 5) is 4.79. The first-order chi connectivity index (χ1) is 12.4. The molecule has 1 heterocycles. The van der Waals surface area contributed by atoms with E-state index >= 15 is 0 Å². The van der Waals surface area contributed by atoms with Gasteiger partial charge in [0.2, 0.25) is 0 Å². The van der Waals surface area contributed by atoms with Crippen molar-refractivity contribution in [1.29, 1.82) is 0 Å². The maximum absolute atomic E-state index is 4.79. The largest absolute Gasteiger partial charge is 0.384 e. The van der Waals surface area contributed by atoms with Gasteiger partial charge in [0, 0.05) is 23.0 Å². The lowest BCUT2D eigenvalue weighted by Gasteiger charge is -2.10. The van der Waals surface area contributed by atoms with Crippen LogP contribution in [0.5, 0.6) is 0 Å². The lowest BCUT2D eigenvalue weighted by atomic mass is 10.1. The molecule has 0 unspecified atom stereocenters. The summed E-state index contributed by atoms with van der Waals surface area (Å²) in [5.41, 5.74) is 3.34. The number of benzene rings is 2. The minimum Gasteiger partial charge on any atom is -0.384 e. The van der Waals surface area contributed by atoms with E-state index in [1.54, 1.807) is 0 Å². The first kappa shape index (κ1) is 17.7. The van der Waals surface area contributed by atoms with Crippen molar-refractivity contribution in [2.24, 2.45) is 0 Å². The lowest BCUT2D eigenvalue weighted by Crippen LogP contribution is -2.02. The van der Waals surface area contributed by atoms with Crippen LogP contribution < -0.4 is 5.32 Å². The van der Waals surface area contributed by atoms with Crippen molar-refractivity contribution in [3.8, 4) is 0 Å². The van der Waals surface area contributed by atoms with Crippen molar-refractivity contribution in [3.05, 3.63) is 48.5 Å². The van der Waals surface area contributed by atoms with E-state index in [9.17, 15) is 0 Å². The first-order valence-corrected chi connectivity index (χ1v) is 9.91. The number of unbranched alkanes of at least 4 members (excludes halogenated alkanes) is 7. The van der Waals surface area contributed by atoms with Crippen LogP contribution in [0.3, 0.4) is 0 Å². The number of nitrogens with zero attached hydrogens (tertiary/aromatic N) is 1. The van der Waals surface area contributed by atoms with Crippen molar-refractivity contribution in [2.45, 2.75) is 58.3 Å². The zero-order chi connectivity index (χ0) is 17.3. The van der Waals surface area contributed by atoms with E-state index in [2.05, 4.69) is 54.7 Å². The van der Waals surface area contributed by atoms with Crippen molar-refractivity contribution >= 4 is 27.5 Å². The van der Waals surface area contributed by atoms with Crippen LogP contribution in [0.25, 0.3) is 21.8 Å². The lowest BCUT2D eigenvalue weighted by molar-refractivity contribution is 0.581. The second kappa shape index (κ2) is 9.41. The van der Waals surface area contributed by atoms with Crippen LogP contribution in [-0.4, -0.2) is 11.5 Å². The van der Waals surface area contributed by atoms with Crippen LogP contribution in [0.4, 0.5) is 5.69 Å². The Morgan fingerprint density at radius 1 is 0.760 bits per heavy atom. The number of hydrogen-bond donors (Lipinski definition) is 1. The van der Waals surface area contributed by atoms with Gasteiger partial charge in [-0.1, -0.05) is 76.1 Å². The van der Waals surface area contributed by atoms with E-state index in [4.69, 9.17) is 4.98 Å². The molecule has 3 rings (SSSR count). The Hall–Kier alpha value is -2.09. The highest BCUT2D eigenvalue weighted by Crippen LogP contribution is 2.26. The van der Waals surface area contributed by atoms with Crippen LogP contribution in [0.1, 0.15) is 58.3 Å². The monoisotopic (exact) mass is 334 g/mol. The number of para-hydroxylation sites is 1. The molecule has 2 heteroatoms. The fourth-order valence-electron chi connectivity index (χ4n) is 3.43. The van der Waals surface area contributed by atoms with Gasteiger partial charge in [-0.15, -0.1) is 0 Å². The number of pyridine rings is 1. The molecule has 2 nitrogen and oxygen atoms in total. The van der Waals surface area contributed by atoms with Gasteiger partial charge in [-0.2, -0.15) is 0 Å². The fourth-order valence-corrected chi connectivity index (χ4v) is 3.43. The van der Waals surface area contributed by atoms with E-state index in [0.29, 0.717) is 0 Å². The van der Waals surface area contributed by atoms with Crippen LogP contribution >= 0.6 is 0 Å². The van der Waals surface area contributed by atoms with Gasteiger partial charge in [0.05, 0.1) is 11.0 Å². The molecule has 3 aromatic rings. The summed E-state index contributed by atoms with van der Waals surface area (Å²) in [6.07, 6.45) is 10.9. The number of aromatic nitrogens is 1. The Kier molecular flexibility index (Phi) is 6.67. The van der Waals surface area contributed by atoms with Crippen molar-refractivity contribution < 1.29 is 0 Å². The molecule has 0 aliphatic rings. The molecule has 0 bridgehead atoms. The van der Waals surface area contributed by atoms with Crippen molar-refractivity contribution in [2.75, 3.05) is 11.9 Å². The smallest absolute Gasteiger partial charge is 0.0730 e. The molecule has 2 aromatic carbocycles. The summed E-state index contributed by atoms with van der Waals surface area (Å²) < 4.78 is 0. The van der Waals surface area contributed by atoms with Crippen LogP contribution in [0, 0.1) is 0 Å². The predicted octanol–water partition coefficient (Wildman–Crippen LogP) is 6.94. The average Bonchev–Trinajstić information content (AvgIpc) is 2.65. The topological polar surface area (TPSA) is 24.9 Å². The summed E-state index contributed by atoms with van der Waals surface area (Å²) >= 11 is 0. The van der Waals surface area contributed by atoms with Crippen molar-refractivity contribution in [1.82, 2.24) is 4.98 Å². The van der Waals surface area contributed by atoms with Gasteiger partial charge >= 0.3 is 0 Å². The summed E-state index contributed by atoms with van der Waals surface area (Å²) in [6, 6.07) is 17.0. The zero-order valence-corrected chi connectivity index (χ0v) is 15.4. The standard InChI is InChI=1S/C23H30N2/c1-2-3-4-5-6-7-8-11-17-24-22-15-12-16-23-20(22)18-19-13-9-10-14-21(19)25-23/h9-10,12-16,18,24H,2-8,11,17H2,1H3. The molecule has 0 amide bonds. The third-order valence-corrected chi connectivity index (χ3v) is 4.91. The Morgan fingerprint density at radius 3 is 2.32 bits per heavy atom. The van der Waals surface area contributed by atoms with Gasteiger partial charge in [-0.3, -0.25) is 0 Å². The molecule has 0 fully saturated rings. The Bertz CT molecular complexity index is 794. The number of fused-ring (bicyclic) bond motifs is 2. The molecule has 0 radical (unpaired) electrons. The summed E-state index contributed by atoms with van der Waals surface area (Å²) in [5, 5.41) is 6.05. The molecular formula is C23H30N2. The van der Waals surface area contributed by atoms with E-state index in [-0.39, 0.29) is 0 Å². The minimum absolute atomic E-state index is 1.04. The Balaban J connectivity index is 1.52. The number of anilines is 1. The number of hydrogen-bond acceptors (Lipinski definition) is 2. The molecule has 25 heavy (non-hydrogen) atoms. The van der Waals surface area contributed by atoms with Gasteiger partial charge in [-0.05, 0) is 30.7 Å². The fraction of sp³-hybridized carbons (Fsp3) is 0.435. The molecule has 132 valence electrons. The maximum atomic E-state index is 4.79. The molecule has 0 aliphatic carbocycles. The van der Waals surface area contributed by atoms with Gasteiger partial charge < -0.3 is 5.32 Å². The third kappa shape index (κ3) is 4.94. The normalized spacial score (nSPS) is 11.2. The van der Waals surface area contributed by atoms with Gasteiger partial charge in [0.15, 0.2) is 0 Å². The van der Waals surface area contributed by atoms with E-state index in [1.165, 1.54) is 67.8 Å². The highest BCUT2D eigenvalue weighted by atomic mass is 14.9. The first-order valence-electron chi connectivity index (χ1n) is 9.91. The average molecular weight is 335 g/mol. The Labute approximate surface area is 151 Å². The minimum atomic E-state index is 1.04.